The number of benzene rings is 12. The first-order chi connectivity index (χ1) is 48.0. The van der Waals surface area contributed by atoms with Gasteiger partial charge >= 0.3 is 89.5 Å². The van der Waals surface area contributed by atoms with Gasteiger partial charge < -0.3 is 25.7 Å². The summed E-state index contributed by atoms with van der Waals surface area (Å²) in [5, 5.41) is 12.3. The molecule has 12 aromatic rings. The Balaban J connectivity index is 0.000000192. The van der Waals surface area contributed by atoms with Gasteiger partial charge in [0.05, 0.1) is 98.8 Å². The monoisotopic (exact) mass is 2120 g/mol. The molecule has 520 valence electrons. The van der Waals surface area contributed by atoms with Gasteiger partial charge in [-0.1, -0.05) is 198 Å². The van der Waals surface area contributed by atoms with Gasteiger partial charge in [0.25, 0.3) is 0 Å². The fourth-order valence-electron chi connectivity index (χ4n) is 14.0. The van der Waals surface area contributed by atoms with Gasteiger partial charge in [-0.3, -0.25) is 23.7 Å². The molecule has 12 aromatic carbocycles. The molecule has 2 aliphatic rings. The molecule has 102 heavy (non-hydrogen) atoms. The number of unbranched alkanes of at least 4 members (excludes halogenated alkanes) is 2. The predicted octanol–water partition coefficient (Wildman–Crippen LogP) is 18.7. The summed E-state index contributed by atoms with van der Waals surface area (Å²) in [6.45, 7) is 8.77. The Morgan fingerprint density at radius 2 is 0.412 bits per heavy atom. The van der Waals surface area contributed by atoms with Crippen molar-refractivity contribution in [2.75, 3.05) is 24.6 Å². The SMILES string of the molecule is [Au+].[Au+].[Au+].[Au+].[C-]#Cc1ccc2c(c1)-c1ccc(C#[C-])cc1C2(C)C.[C-]#Cc1ccc2c(c1)-c1ccc(C#[C-])cc1C2(C)C.c1ccc([PH+](CCCC[PH+](c2ccccc2)c2ccccc2)c2ccccc2)cc1.c1ccc([PH+](CCCC[PH+](c2ccccc2)c2ccccc2)c2ccccc2)cc1. The van der Waals surface area contributed by atoms with Gasteiger partial charge in [-0.15, -0.1) is 70.8 Å². The van der Waals surface area contributed by atoms with Crippen LogP contribution in [-0.2, 0) is 100 Å². The van der Waals surface area contributed by atoms with Crippen LogP contribution in [0.1, 0.15) is 97.9 Å². The molecule has 0 spiro atoms. The van der Waals surface area contributed by atoms with E-state index in [2.05, 4.69) is 306 Å². The first kappa shape index (κ1) is 82.8. The van der Waals surface area contributed by atoms with Crippen molar-refractivity contribution in [1.29, 1.82) is 0 Å². The summed E-state index contributed by atoms with van der Waals surface area (Å²) in [7, 11) is -2.86. The molecule has 0 N–H and O–H groups in total. The van der Waals surface area contributed by atoms with Crippen LogP contribution in [0.25, 0.3) is 22.3 Å². The molecular weight excluding hydrogens is 2040 g/mol. The molecule has 0 fully saturated rings. The molecule has 0 aliphatic heterocycles. The van der Waals surface area contributed by atoms with E-state index in [0.717, 1.165) is 22.3 Å². The Morgan fingerprint density at radius 3 is 0.608 bits per heavy atom. The van der Waals surface area contributed by atoms with Crippen molar-refractivity contribution in [2.24, 2.45) is 0 Å². The Morgan fingerprint density at radius 1 is 0.225 bits per heavy atom. The number of hydrogen-bond acceptors (Lipinski definition) is 0. The van der Waals surface area contributed by atoms with Crippen molar-refractivity contribution in [3.8, 4) is 45.9 Å². The van der Waals surface area contributed by atoms with Crippen molar-refractivity contribution in [1.82, 2.24) is 0 Å². The van der Waals surface area contributed by atoms with Gasteiger partial charge in [-0.25, -0.2) is 0 Å². The molecule has 0 amide bonds. The summed E-state index contributed by atoms with van der Waals surface area (Å²) in [6.07, 6.45) is 39.5. The van der Waals surface area contributed by atoms with Crippen molar-refractivity contribution in [3.05, 3.63) is 386 Å². The number of fused-ring (bicyclic) bond motifs is 6. The molecule has 2 aliphatic carbocycles. The van der Waals surface area contributed by atoms with Crippen LogP contribution >= 0.6 is 31.7 Å². The summed E-state index contributed by atoms with van der Waals surface area (Å²) in [6, 6.07) is 113. The van der Waals surface area contributed by atoms with E-state index in [4.69, 9.17) is 25.7 Å². The maximum atomic E-state index is 7.28. The number of rotatable bonds is 18. The summed E-state index contributed by atoms with van der Waals surface area (Å²) in [5.74, 6) is 9.79. The molecule has 14 rings (SSSR count). The van der Waals surface area contributed by atoms with E-state index in [9.17, 15) is 0 Å². The summed E-state index contributed by atoms with van der Waals surface area (Å²) >= 11 is 0. The van der Waals surface area contributed by atoms with E-state index in [1.165, 1.54) is 137 Å². The van der Waals surface area contributed by atoms with E-state index < -0.39 is 31.7 Å². The molecule has 0 atom stereocenters. The van der Waals surface area contributed by atoms with Crippen molar-refractivity contribution >= 4 is 74.1 Å². The summed E-state index contributed by atoms with van der Waals surface area (Å²) in [4.78, 5) is 0. The molecular formula is C94H84Au4P4+4. The normalized spacial score (nSPS) is 11.8. The predicted molar refractivity (Wildman–Crippen MR) is 433 cm³/mol. The molecule has 0 unspecified atom stereocenters. The quantitative estimate of drug-likeness (QED) is 0.0264. The smallest absolute Gasteiger partial charge is 0.366 e. The Kier molecular flexibility index (Phi) is 33.5. The van der Waals surface area contributed by atoms with Crippen molar-refractivity contribution in [3.63, 3.8) is 0 Å². The van der Waals surface area contributed by atoms with Crippen molar-refractivity contribution in [2.45, 2.75) is 64.2 Å². The molecule has 0 aromatic heterocycles. The third-order valence-electron chi connectivity index (χ3n) is 19.1. The Labute approximate surface area is 677 Å². The van der Waals surface area contributed by atoms with Gasteiger partial charge in [0.15, 0.2) is 0 Å². The van der Waals surface area contributed by atoms with Crippen LogP contribution in [0.3, 0.4) is 0 Å². The van der Waals surface area contributed by atoms with Crippen LogP contribution in [0.5, 0.6) is 0 Å². The second-order valence-corrected chi connectivity index (χ2v) is 36.5. The standard InChI is InChI=1S/2C28H28P2.2C19H12.4Au/c2*1-5-15-25(16-6-1)29(26-17-7-2-8-18-26)23-13-14-24-30(27-19-9-3-10-20-27)28-21-11-4-12-22-28;2*1-5-13-8-10-17-16(11-13)15-9-7-14(6-2)12-18(15)19(17,3)4;;;;/h2*1-12,15-22H,13-14,23-24H2;2*7-12H,3-4H3;;;;/q;;2*-2;4*+1/p+4. The molecule has 0 heterocycles. The third kappa shape index (κ3) is 21.0. The molecule has 0 bridgehead atoms. The maximum absolute atomic E-state index is 7.28. The zero-order chi connectivity index (χ0) is 68.1. The largest absolute Gasteiger partial charge is 1.00 e. The van der Waals surface area contributed by atoms with Crippen LogP contribution in [0.4, 0.5) is 0 Å². The average Bonchev–Trinajstić information content (AvgIpc) is 1.59. The van der Waals surface area contributed by atoms with Crippen LogP contribution in [0.2, 0.25) is 0 Å². The second kappa shape index (κ2) is 41.3. The fraction of sp³-hybridized carbons (Fsp3) is 0.149. The Bertz CT molecular complexity index is 4100. The van der Waals surface area contributed by atoms with E-state index in [0.29, 0.717) is 0 Å². The fourth-order valence-corrected chi connectivity index (χ4v) is 24.8. The molecule has 8 heteroatoms. The van der Waals surface area contributed by atoms with E-state index >= 15 is 0 Å². The average molecular weight is 2130 g/mol. The molecule has 0 radical (unpaired) electrons. The van der Waals surface area contributed by atoms with Crippen LogP contribution in [0, 0.1) is 49.4 Å². The topological polar surface area (TPSA) is 0 Å². The van der Waals surface area contributed by atoms with Crippen LogP contribution in [-0.4, -0.2) is 24.6 Å². The molecule has 0 nitrogen and oxygen atoms in total. The van der Waals surface area contributed by atoms with Crippen LogP contribution < -0.4 is 42.4 Å². The third-order valence-corrected chi connectivity index (χ3v) is 30.8. The maximum Gasteiger partial charge on any atom is 1.00 e. The minimum atomic E-state index is -0.714. The number of hydrogen-bond donors (Lipinski definition) is 0. The van der Waals surface area contributed by atoms with Gasteiger partial charge in [-0.2, -0.15) is 0 Å². The second-order valence-electron chi connectivity index (χ2n) is 26.0. The van der Waals surface area contributed by atoms with Gasteiger partial charge in [-0.05, 0) is 167 Å². The summed E-state index contributed by atoms with van der Waals surface area (Å²) in [5.41, 5.74) is 12.8. The zero-order valence-corrected chi connectivity index (χ0v) is 70.6. The minimum absolute atomic E-state index is 0. The van der Waals surface area contributed by atoms with Gasteiger partial charge in [0.1, 0.15) is 0 Å². The zero-order valence-electron chi connectivity index (χ0n) is 57.9. The first-order valence-corrected chi connectivity index (χ1v) is 41.0. The Hall–Kier alpha value is -6.44. The minimum Gasteiger partial charge on any atom is -0.366 e. The molecule has 0 saturated carbocycles. The molecule has 0 saturated heterocycles. The van der Waals surface area contributed by atoms with Crippen LogP contribution in [0.15, 0.2) is 315 Å². The van der Waals surface area contributed by atoms with E-state index in [-0.39, 0.29) is 100 Å². The first-order valence-electron chi connectivity index (χ1n) is 34.2. The van der Waals surface area contributed by atoms with E-state index in [1.807, 2.05) is 60.7 Å². The van der Waals surface area contributed by atoms with Crippen molar-refractivity contribution < 1.29 is 89.5 Å². The van der Waals surface area contributed by atoms with E-state index in [1.54, 1.807) is 0 Å². The summed E-state index contributed by atoms with van der Waals surface area (Å²) < 4.78 is 0. The van der Waals surface area contributed by atoms with Gasteiger partial charge in [0, 0.05) is 10.8 Å². The van der Waals surface area contributed by atoms with Gasteiger partial charge in [0.2, 0.25) is 0 Å².